The molecule has 0 fully saturated rings. The maximum atomic E-state index is 13.9. The first-order valence-corrected chi connectivity index (χ1v) is 20.9. The van der Waals surface area contributed by atoms with Gasteiger partial charge < -0.3 is 63.4 Å². The molecule has 0 saturated heterocycles. The van der Waals surface area contributed by atoms with Crippen LogP contribution >= 0.6 is 0 Å². The van der Waals surface area contributed by atoms with Crippen LogP contribution in [-0.2, 0) is 60.8 Å². The second-order valence-corrected chi connectivity index (χ2v) is 15.6. The van der Waals surface area contributed by atoms with Gasteiger partial charge in [0.1, 0.15) is 48.0 Å². The number of aliphatic carboxylic acids is 3. The van der Waals surface area contributed by atoms with Crippen LogP contribution in [-0.4, -0.2) is 129 Å². The molecular weight excluding hydrogens is 853 g/mol. The van der Waals surface area contributed by atoms with Gasteiger partial charge in [-0.2, -0.15) is 0 Å². The highest BCUT2D eigenvalue weighted by Gasteiger charge is 2.36. The predicted octanol–water partition coefficient (Wildman–Crippen LogP) is -1.32. The number of aromatic hydroxyl groups is 1. The third-order valence-electron chi connectivity index (χ3n) is 10.5. The fraction of sp³-hybridized carbons (Fsp3) is 0.488. The molecule has 9 atom stereocenters. The van der Waals surface area contributed by atoms with Crippen molar-refractivity contribution in [3.8, 4) is 5.75 Å². The van der Waals surface area contributed by atoms with Crippen LogP contribution < -0.4 is 43.0 Å². The van der Waals surface area contributed by atoms with Crippen molar-refractivity contribution >= 4 is 59.3 Å². The topological polar surface area (TPSA) is 362 Å². The number of hydrogen-bond donors (Lipinski definition) is 12. The van der Waals surface area contributed by atoms with Crippen LogP contribution in [0, 0.1) is 11.8 Å². The monoisotopic (exact) mass is 912 g/mol. The molecule has 0 bridgehead atoms. The number of benzene rings is 2. The van der Waals surface area contributed by atoms with Crippen molar-refractivity contribution in [3.05, 3.63) is 65.7 Å². The molecule has 0 unspecified atom stereocenters. The van der Waals surface area contributed by atoms with E-state index in [4.69, 9.17) is 5.73 Å². The van der Waals surface area contributed by atoms with Crippen molar-refractivity contribution in [2.45, 2.75) is 115 Å². The van der Waals surface area contributed by atoms with E-state index in [9.17, 15) is 68.4 Å². The number of amides is 7. The Labute approximate surface area is 375 Å². The minimum atomic E-state index is -1.85. The molecule has 0 aliphatic carbocycles. The van der Waals surface area contributed by atoms with Gasteiger partial charge in [-0.05, 0) is 42.0 Å². The average molecular weight is 913 g/mol. The van der Waals surface area contributed by atoms with Crippen LogP contribution in [0.4, 0.5) is 0 Å². The second kappa shape index (κ2) is 26.5. The lowest BCUT2D eigenvalue weighted by Gasteiger charge is -2.28. The zero-order valence-electron chi connectivity index (χ0n) is 36.8. The van der Waals surface area contributed by atoms with Gasteiger partial charge in [0.05, 0.1) is 19.4 Å². The largest absolute Gasteiger partial charge is 0.508 e. The van der Waals surface area contributed by atoms with Crippen molar-refractivity contribution < 1.29 is 68.4 Å². The van der Waals surface area contributed by atoms with Gasteiger partial charge in [-0.25, -0.2) is 4.79 Å². The molecule has 0 heterocycles. The summed E-state index contributed by atoms with van der Waals surface area (Å²) in [5.41, 5.74) is 6.37. The molecule has 2 rings (SSSR count). The number of carboxylic acids is 3. The Morgan fingerprint density at radius 3 is 1.37 bits per heavy atom. The number of carboxylic acid groups (broad SMARTS) is 3. The zero-order chi connectivity index (χ0) is 49.0. The summed E-state index contributed by atoms with van der Waals surface area (Å²) in [5.74, 6) is -12.3. The summed E-state index contributed by atoms with van der Waals surface area (Å²) in [4.78, 5) is 129. The lowest BCUT2D eigenvalue weighted by Crippen LogP contribution is -2.60. The van der Waals surface area contributed by atoms with Crippen LogP contribution in [0.3, 0.4) is 0 Å². The SMILES string of the molecule is CC[C@H](C)[C@H](NC(=O)[C@H](CC(=O)O)NC(=O)[C@H](Cc1ccccc1)NC(=O)[C@H](C)NC(=O)[C@H](CC(=O)O)NC(=O)[C@H](Cc1ccc(O)cc1)NC(=O)[C@@H](NC(=O)CN)[C@@H](C)CC)C(=O)O. The Bertz CT molecular complexity index is 2000. The van der Waals surface area contributed by atoms with E-state index in [0.717, 1.165) is 0 Å². The quantitative estimate of drug-likeness (QED) is 0.0494. The summed E-state index contributed by atoms with van der Waals surface area (Å²) in [6.45, 7) is 7.44. The molecule has 2 aromatic rings. The number of nitrogens with two attached hydrogens (primary N) is 1. The molecule has 0 aliphatic rings. The van der Waals surface area contributed by atoms with Gasteiger partial charge >= 0.3 is 17.9 Å². The van der Waals surface area contributed by atoms with E-state index in [1.165, 1.54) is 31.2 Å². The summed E-state index contributed by atoms with van der Waals surface area (Å²) in [5, 5.41) is 55.4. The summed E-state index contributed by atoms with van der Waals surface area (Å²) in [6.07, 6.45) is -1.63. The molecule has 2 aromatic carbocycles. The van der Waals surface area contributed by atoms with Gasteiger partial charge in [-0.1, -0.05) is 83.0 Å². The highest BCUT2D eigenvalue weighted by atomic mass is 16.4. The number of hydrogen-bond acceptors (Lipinski definition) is 12. The van der Waals surface area contributed by atoms with E-state index in [1.807, 2.05) is 0 Å². The second-order valence-electron chi connectivity index (χ2n) is 15.6. The number of rotatable bonds is 27. The molecular formula is C43H60N8O14. The van der Waals surface area contributed by atoms with E-state index >= 15 is 0 Å². The highest BCUT2D eigenvalue weighted by Crippen LogP contribution is 2.14. The summed E-state index contributed by atoms with van der Waals surface area (Å²) >= 11 is 0. The van der Waals surface area contributed by atoms with Gasteiger partial charge in [0, 0.05) is 12.8 Å². The van der Waals surface area contributed by atoms with Crippen molar-refractivity contribution in [1.29, 1.82) is 0 Å². The number of carbonyl (C=O) groups excluding carboxylic acids is 7. The van der Waals surface area contributed by atoms with Gasteiger partial charge in [0.25, 0.3) is 0 Å². The minimum Gasteiger partial charge on any atom is -0.508 e. The molecule has 0 radical (unpaired) electrons. The fourth-order valence-corrected chi connectivity index (χ4v) is 6.26. The third-order valence-corrected chi connectivity index (χ3v) is 10.5. The number of phenolic OH excluding ortho intramolecular Hbond substituents is 1. The third kappa shape index (κ3) is 18.3. The van der Waals surface area contributed by atoms with Crippen LogP contribution in [0.15, 0.2) is 54.6 Å². The van der Waals surface area contributed by atoms with E-state index in [-0.39, 0.29) is 18.6 Å². The minimum absolute atomic E-state index is 0.0959. The van der Waals surface area contributed by atoms with E-state index in [2.05, 4.69) is 37.2 Å². The number of nitrogens with one attached hydrogen (secondary N) is 7. The molecule has 356 valence electrons. The Hall–Kier alpha value is -7.10. The summed E-state index contributed by atoms with van der Waals surface area (Å²) in [7, 11) is 0. The Morgan fingerprint density at radius 1 is 0.508 bits per heavy atom. The highest BCUT2D eigenvalue weighted by molar-refractivity contribution is 5.99. The molecule has 65 heavy (non-hydrogen) atoms. The van der Waals surface area contributed by atoms with Gasteiger partial charge in [-0.3, -0.25) is 43.2 Å². The number of carbonyl (C=O) groups is 10. The van der Waals surface area contributed by atoms with Crippen LogP contribution in [0.25, 0.3) is 0 Å². The van der Waals surface area contributed by atoms with Gasteiger partial charge in [0.2, 0.25) is 41.4 Å². The van der Waals surface area contributed by atoms with Crippen LogP contribution in [0.5, 0.6) is 5.75 Å². The molecule has 0 aromatic heterocycles. The number of phenols is 1. The first-order valence-electron chi connectivity index (χ1n) is 20.9. The molecule has 0 saturated carbocycles. The zero-order valence-corrected chi connectivity index (χ0v) is 36.8. The Balaban J connectivity index is 2.38. The van der Waals surface area contributed by atoms with Crippen molar-refractivity contribution in [2.75, 3.05) is 6.54 Å². The Kier molecular flexibility index (Phi) is 22.0. The van der Waals surface area contributed by atoms with Crippen molar-refractivity contribution in [3.63, 3.8) is 0 Å². The lowest BCUT2D eigenvalue weighted by molar-refractivity contribution is -0.145. The lowest BCUT2D eigenvalue weighted by atomic mass is 9.97. The van der Waals surface area contributed by atoms with E-state index < -0.39 is 133 Å². The standard InChI is InChI=1S/C43H60N8O14/c1-6-22(3)35(50-32(53)21-44)42(63)49-29(18-26-13-15-27(52)16-14-26)40(61)47-30(19-33(54)55)38(59)45-24(5)37(58)46-28(17-25-11-9-8-10-12-25)39(60)48-31(20-34(56)57)41(62)51-36(43(64)65)23(4)7-2/h8-16,22-24,28-31,35-36,52H,6-7,17-21,44H2,1-5H3,(H,45,59)(H,46,58)(H,47,61)(H,48,60)(H,49,63)(H,50,53)(H,51,62)(H,54,55)(H,56,57)(H,64,65)/t22-,23-,24-,28-,29-,30-,31-,35-,36-/m0/s1. The molecule has 13 N–H and O–H groups in total. The van der Waals surface area contributed by atoms with Crippen LogP contribution in [0.2, 0.25) is 0 Å². The molecule has 22 heteroatoms. The molecule has 0 aliphatic heterocycles. The first-order chi connectivity index (χ1) is 30.6. The maximum Gasteiger partial charge on any atom is 0.326 e. The predicted molar refractivity (Wildman–Crippen MR) is 231 cm³/mol. The van der Waals surface area contributed by atoms with Crippen molar-refractivity contribution in [1.82, 2.24) is 37.2 Å². The van der Waals surface area contributed by atoms with E-state index in [0.29, 0.717) is 24.0 Å². The maximum absolute atomic E-state index is 13.9. The first kappa shape index (κ1) is 54.0. The van der Waals surface area contributed by atoms with E-state index in [1.54, 1.807) is 58.0 Å². The van der Waals surface area contributed by atoms with Crippen LogP contribution in [0.1, 0.15) is 71.4 Å². The molecule has 7 amide bonds. The summed E-state index contributed by atoms with van der Waals surface area (Å²) in [6, 6.07) is 3.03. The van der Waals surface area contributed by atoms with Crippen molar-refractivity contribution in [2.24, 2.45) is 17.6 Å². The van der Waals surface area contributed by atoms with Gasteiger partial charge in [-0.15, -0.1) is 0 Å². The molecule has 0 spiro atoms. The average Bonchev–Trinajstić information content (AvgIpc) is 3.25. The smallest absolute Gasteiger partial charge is 0.326 e. The Morgan fingerprint density at radius 2 is 0.923 bits per heavy atom. The fourth-order valence-electron chi connectivity index (χ4n) is 6.26. The van der Waals surface area contributed by atoms with Gasteiger partial charge in [0.15, 0.2) is 0 Å². The summed E-state index contributed by atoms with van der Waals surface area (Å²) < 4.78 is 0. The normalized spacial score (nSPS) is 15.0. The molecule has 22 nitrogen and oxygen atoms in total.